The predicted octanol–water partition coefficient (Wildman–Crippen LogP) is 4.67. The Labute approximate surface area is 87.4 Å². The Morgan fingerprint density at radius 3 is 2.92 bits per heavy atom. The van der Waals surface area contributed by atoms with E-state index in [2.05, 4.69) is 13.0 Å². The van der Waals surface area contributed by atoms with E-state index in [0.717, 1.165) is 0 Å². The molecular formula is C12H21Cl. The summed E-state index contributed by atoms with van der Waals surface area (Å²) in [5, 5.41) is 0.329. The third-order valence-corrected chi connectivity index (χ3v) is 3.09. The van der Waals surface area contributed by atoms with Crippen molar-refractivity contribution < 1.29 is 0 Å². The molecule has 0 saturated carbocycles. The number of hydrogen-bond donors (Lipinski definition) is 0. The molecule has 1 unspecified atom stereocenters. The van der Waals surface area contributed by atoms with E-state index in [0.29, 0.717) is 5.38 Å². The summed E-state index contributed by atoms with van der Waals surface area (Å²) in [6.07, 6.45) is 12.8. The smallest absolute Gasteiger partial charge is 0.0518 e. The summed E-state index contributed by atoms with van der Waals surface area (Å²) < 4.78 is 0. The van der Waals surface area contributed by atoms with Crippen molar-refractivity contribution in [2.45, 2.75) is 63.7 Å². The lowest BCUT2D eigenvalue weighted by atomic mass is 9.95. The van der Waals surface area contributed by atoms with Gasteiger partial charge in [-0.25, -0.2) is 0 Å². The number of rotatable bonds is 5. The lowest BCUT2D eigenvalue weighted by Crippen LogP contribution is -2.03. The van der Waals surface area contributed by atoms with Gasteiger partial charge in [-0.1, -0.05) is 37.8 Å². The Hall–Kier alpha value is 0.0300. The van der Waals surface area contributed by atoms with Crippen LogP contribution in [-0.4, -0.2) is 5.38 Å². The molecule has 1 aliphatic rings. The fourth-order valence-electron chi connectivity index (χ4n) is 1.93. The first-order valence-electron chi connectivity index (χ1n) is 5.66. The van der Waals surface area contributed by atoms with Crippen LogP contribution in [0.25, 0.3) is 0 Å². The second-order valence-electron chi connectivity index (χ2n) is 4.04. The maximum absolute atomic E-state index is 6.08. The van der Waals surface area contributed by atoms with Gasteiger partial charge in [-0.2, -0.15) is 0 Å². The van der Waals surface area contributed by atoms with Crippen LogP contribution in [0.5, 0.6) is 0 Å². The van der Waals surface area contributed by atoms with E-state index >= 15 is 0 Å². The molecule has 1 atom stereocenters. The van der Waals surface area contributed by atoms with Gasteiger partial charge in [0.1, 0.15) is 0 Å². The molecule has 13 heavy (non-hydrogen) atoms. The first-order valence-corrected chi connectivity index (χ1v) is 6.10. The molecule has 0 aromatic rings. The molecule has 0 spiro atoms. The Morgan fingerprint density at radius 1 is 1.38 bits per heavy atom. The fraction of sp³-hybridized carbons (Fsp3) is 0.833. The summed E-state index contributed by atoms with van der Waals surface area (Å²) in [4.78, 5) is 0. The van der Waals surface area contributed by atoms with E-state index < -0.39 is 0 Å². The molecule has 0 saturated heterocycles. The molecule has 0 bridgehead atoms. The zero-order valence-corrected chi connectivity index (χ0v) is 9.45. The summed E-state index contributed by atoms with van der Waals surface area (Å²) in [7, 11) is 0. The Morgan fingerprint density at radius 2 is 2.23 bits per heavy atom. The van der Waals surface area contributed by atoms with Crippen molar-refractivity contribution in [3.05, 3.63) is 11.6 Å². The maximum Gasteiger partial charge on any atom is 0.0518 e. The minimum Gasteiger partial charge on any atom is -0.118 e. The first-order chi connectivity index (χ1) is 6.33. The average Bonchev–Trinajstić information content (AvgIpc) is 2.13. The Balaban J connectivity index is 2.13. The highest BCUT2D eigenvalue weighted by atomic mass is 35.5. The van der Waals surface area contributed by atoms with Gasteiger partial charge in [-0.05, 0) is 32.1 Å². The van der Waals surface area contributed by atoms with Crippen molar-refractivity contribution in [2.75, 3.05) is 0 Å². The molecule has 0 heterocycles. The zero-order chi connectivity index (χ0) is 9.52. The van der Waals surface area contributed by atoms with Crippen molar-refractivity contribution >= 4 is 11.6 Å². The lowest BCUT2D eigenvalue weighted by molar-refractivity contribution is 0.623. The molecule has 0 fully saturated rings. The first kappa shape index (κ1) is 11.1. The summed E-state index contributed by atoms with van der Waals surface area (Å²) in [6, 6.07) is 0. The predicted molar refractivity (Wildman–Crippen MR) is 60.3 cm³/mol. The lowest BCUT2D eigenvalue weighted by Gasteiger charge is -2.16. The van der Waals surface area contributed by atoms with Crippen molar-refractivity contribution in [2.24, 2.45) is 0 Å². The second-order valence-corrected chi connectivity index (χ2v) is 4.60. The van der Waals surface area contributed by atoms with Gasteiger partial charge in [0.2, 0.25) is 0 Å². The van der Waals surface area contributed by atoms with Crippen molar-refractivity contribution in [3.63, 3.8) is 0 Å². The molecule has 0 amide bonds. The second kappa shape index (κ2) is 6.48. The SMILES string of the molecule is CCCCCCC1=CC(Cl)CCC1. The van der Waals surface area contributed by atoms with Crippen LogP contribution in [0, 0.1) is 0 Å². The zero-order valence-electron chi connectivity index (χ0n) is 8.69. The normalized spacial score (nSPS) is 22.9. The van der Waals surface area contributed by atoms with E-state index in [1.165, 1.54) is 51.4 Å². The van der Waals surface area contributed by atoms with Gasteiger partial charge < -0.3 is 0 Å². The Kier molecular flexibility index (Phi) is 5.54. The highest BCUT2D eigenvalue weighted by Gasteiger charge is 2.09. The molecule has 0 aromatic heterocycles. The van der Waals surface area contributed by atoms with Gasteiger partial charge in [0.15, 0.2) is 0 Å². The number of unbranched alkanes of at least 4 members (excludes halogenated alkanes) is 3. The van der Waals surface area contributed by atoms with E-state index in [1.807, 2.05) is 0 Å². The van der Waals surface area contributed by atoms with Crippen LogP contribution in [0.3, 0.4) is 0 Å². The summed E-state index contributed by atoms with van der Waals surface area (Å²) >= 11 is 6.08. The highest BCUT2D eigenvalue weighted by molar-refractivity contribution is 6.21. The molecule has 0 N–H and O–H groups in total. The monoisotopic (exact) mass is 200 g/mol. The minimum absolute atomic E-state index is 0.329. The third kappa shape index (κ3) is 4.71. The van der Waals surface area contributed by atoms with Crippen molar-refractivity contribution in [1.82, 2.24) is 0 Å². The summed E-state index contributed by atoms with van der Waals surface area (Å²) in [5.41, 5.74) is 1.61. The third-order valence-electron chi connectivity index (χ3n) is 2.75. The number of halogens is 1. The van der Waals surface area contributed by atoms with Gasteiger partial charge in [0.25, 0.3) is 0 Å². The molecule has 0 aromatic carbocycles. The van der Waals surface area contributed by atoms with E-state index in [9.17, 15) is 0 Å². The van der Waals surface area contributed by atoms with E-state index in [-0.39, 0.29) is 0 Å². The molecular weight excluding hydrogens is 180 g/mol. The summed E-state index contributed by atoms with van der Waals surface area (Å²) in [5.74, 6) is 0. The van der Waals surface area contributed by atoms with Crippen LogP contribution in [0.4, 0.5) is 0 Å². The quantitative estimate of drug-likeness (QED) is 0.344. The minimum atomic E-state index is 0.329. The Bertz CT molecular complexity index is 161. The van der Waals surface area contributed by atoms with Gasteiger partial charge in [-0.3, -0.25) is 0 Å². The van der Waals surface area contributed by atoms with Gasteiger partial charge in [0.05, 0.1) is 5.38 Å². The topological polar surface area (TPSA) is 0 Å². The molecule has 0 aliphatic heterocycles. The van der Waals surface area contributed by atoms with E-state index in [1.54, 1.807) is 5.57 Å². The molecule has 0 nitrogen and oxygen atoms in total. The molecule has 1 rings (SSSR count). The van der Waals surface area contributed by atoms with E-state index in [4.69, 9.17) is 11.6 Å². The van der Waals surface area contributed by atoms with Crippen molar-refractivity contribution in [1.29, 1.82) is 0 Å². The van der Waals surface area contributed by atoms with Gasteiger partial charge in [-0.15, -0.1) is 11.6 Å². The maximum atomic E-state index is 6.08. The molecule has 76 valence electrons. The standard InChI is InChI=1S/C12H21Cl/c1-2-3-4-5-7-11-8-6-9-12(13)10-11/h10,12H,2-9H2,1H3. The van der Waals surface area contributed by atoms with Gasteiger partial charge >= 0.3 is 0 Å². The highest BCUT2D eigenvalue weighted by Crippen LogP contribution is 2.25. The number of hydrogen-bond acceptors (Lipinski definition) is 0. The number of alkyl halides is 1. The van der Waals surface area contributed by atoms with Gasteiger partial charge in [0, 0.05) is 0 Å². The van der Waals surface area contributed by atoms with Crippen LogP contribution in [0.1, 0.15) is 58.3 Å². The van der Waals surface area contributed by atoms with Crippen LogP contribution in [0.2, 0.25) is 0 Å². The van der Waals surface area contributed by atoms with Crippen molar-refractivity contribution in [3.8, 4) is 0 Å². The largest absolute Gasteiger partial charge is 0.118 e. The fourth-order valence-corrected chi connectivity index (χ4v) is 2.27. The van der Waals surface area contributed by atoms with Crippen LogP contribution in [0.15, 0.2) is 11.6 Å². The van der Waals surface area contributed by atoms with Crippen LogP contribution < -0.4 is 0 Å². The molecule has 1 heteroatoms. The number of allylic oxidation sites excluding steroid dienone is 2. The average molecular weight is 201 g/mol. The summed E-state index contributed by atoms with van der Waals surface area (Å²) in [6.45, 7) is 2.26. The van der Waals surface area contributed by atoms with Crippen LogP contribution >= 0.6 is 11.6 Å². The molecule has 0 radical (unpaired) electrons. The van der Waals surface area contributed by atoms with Crippen LogP contribution in [-0.2, 0) is 0 Å². The molecule has 1 aliphatic carbocycles.